The van der Waals surface area contributed by atoms with Crippen LogP contribution in [0.15, 0.2) is 24.3 Å². The van der Waals surface area contributed by atoms with Crippen molar-refractivity contribution in [2.24, 2.45) is 0 Å². The molecule has 0 aromatic heterocycles. The molecule has 1 aromatic carbocycles. The van der Waals surface area contributed by atoms with Crippen LogP contribution in [0.2, 0.25) is 0 Å². The maximum atomic E-state index is 5.75. The average molecular weight is 251 g/mol. The second-order valence-electron chi connectivity index (χ2n) is 4.34. The van der Waals surface area contributed by atoms with E-state index in [1.807, 2.05) is 24.3 Å². The summed E-state index contributed by atoms with van der Waals surface area (Å²) < 4.78 is 16.6. The lowest BCUT2D eigenvalue weighted by Crippen LogP contribution is -2.36. The molecule has 1 heterocycles. The molecule has 1 aromatic rings. The number of methoxy groups -OCH3 is 1. The summed E-state index contributed by atoms with van der Waals surface area (Å²) in [4.78, 5) is 0. The first-order valence-corrected chi connectivity index (χ1v) is 6.48. The van der Waals surface area contributed by atoms with Crippen molar-refractivity contribution < 1.29 is 14.2 Å². The predicted octanol–water partition coefficient (Wildman–Crippen LogP) is 1.84. The van der Waals surface area contributed by atoms with Gasteiger partial charge in [0.15, 0.2) is 11.5 Å². The molecule has 4 nitrogen and oxygen atoms in total. The minimum Gasteiger partial charge on any atom is -0.493 e. The predicted molar refractivity (Wildman–Crippen MR) is 70.3 cm³/mol. The van der Waals surface area contributed by atoms with E-state index in [4.69, 9.17) is 14.2 Å². The molecule has 0 amide bonds. The SMILES string of the molecule is COc1ccccc1OCCO[C@H]1CCCNC1. The number of piperidine rings is 1. The van der Waals surface area contributed by atoms with E-state index in [1.54, 1.807) is 7.11 Å². The minimum absolute atomic E-state index is 0.333. The molecular weight excluding hydrogens is 230 g/mol. The summed E-state index contributed by atoms with van der Waals surface area (Å²) in [7, 11) is 1.65. The van der Waals surface area contributed by atoms with Gasteiger partial charge in [0.05, 0.1) is 19.8 Å². The summed E-state index contributed by atoms with van der Waals surface area (Å²) in [5.41, 5.74) is 0. The molecule has 18 heavy (non-hydrogen) atoms. The summed E-state index contributed by atoms with van der Waals surface area (Å²) in [5, 5.41) is 3.33. The van der Waals surface area contributed by atoms with Gasteiger partial charge in [0, 0.05) is 6.54 Å². The monoisotopic (exact) mass is 251 g/mol. The largest absolute Gasteiger partial charge is 0.493 e. The van der Waals surface area contributed by atoms with Crippen molar-refractivity contribution in [3.05, 3.63) is 24.3 Å². The Morgan fingerprint density at radius 3 is 2.78 bits per heavy atom. The number of hydrogen-bond acceptors (Lipinski definition) is 4. The van der Waals surface area contributed by atoms with Crippen LogP contribution in [0.25, 0.3) is 0 Å². The normalized spacial score (nSPS) is 19.5. The van der Waals surface area contributed by atoms with Crippen molar-refractivity contribution in [1.82, 2.24) is 5.32 Å². The molecule has 1 fully saturated rings. The van der Waals surface area contributed by atoms with Gasteiger partial charge in [0.25, 0.3) is 0 Å². The number of ether oxygens (including phenoxy) is 3. The molecule has 0 spiro atoms. The van der Waals surface area contributed by atoms with Crippen LogP contribution in [0, 0.1) is 0 Å². The fourth-order valence-corrected chi connectivity index (χ4v) is 2.07. The van der Waals surface area contributed by atoms with Crippen molar-refractivity contribution in [3.8, 4) is 11.5 Å². The summed E-state index contributed by atoms with van der Waals surface area (Å²) in [6.07, 6.45) is 2.67. The van der Waals surface area contributed by atoms with Gasteiger partial charge >= 0.3 is 0 Å². The summed E-state index contributed by atoms with van der Waals surface area (Å²) in [6.45, 7) is 3.23. The Kier molecular flexibility index (Phi) is 5.30. The van der Waals surface area contributed by atoms with Gasteiger partial charge in [-0.25, -0.2) is 0 Å². The summed E-state index contributed by atoms with van der Waals surface area (Å²) in [6, 6.07) is 7.65. The van der Waals surface area contributed by atoms with E-state index in [0.717, 1.165) is 31.0 Å². The first-order chi connectivity index (χ1) is 8.90. The molecule has 4 heteroatoms. The second-order valence-corrected chi connectivity index (χ2v) is 4.34. The van der Waals surface area contributed by atoms with Gasteiger partial charge in [-0.1, -0.05) is 12.1 Å². The molecule has 1 aliphatic rings. The Morgan fingerprint density at radius 2 is 2.06 bits per heavy atom. The highest BCUT2D eigenvalue weighted by Crippen LogP contribution is 2.25. The van der Waals surface area contributed by atoms with Crippen LogP contribution >= 0.6 is 0 Å². The molecule has 0 unspecified atom stereocenters. The summed E-state index contributed by atoms with van der Waals surface area (Å²) in [5.74, 6) is 1.53. The number of nitrogens with one attached hydrogen (secondary N) is 1. The van der Waals surface area contributed by atoms with Gasteiger partial charge in [-0.3, -0.25) is 0 Å². The van der Waals surface area contributed by atoms with Crippen LogP contribution in [0.3, 0.4) is 0 Å². The van der Waals surface area contributed by atoms with Crippen molar-refractivity contribution in [1.29, 1.82) is 0 Å². The van der Waals surface area contributed by atoms with E-state index in [9.17, 15) is 0 Å². The fraction of sp³-hybridized carbons (Fsp3) is 0.571. The van der Waals surface area contributed by atoms with E-state index in [-0.39, 0.29) is 0 Å². The number of hydrogen-bond donors (Lipinski definition) is 1. The van der Waals surface area contributed by atoms with Crippen LogP contribution in [0.1, 0.15) is 12.8 Å². The Bertz CT molecular complexity index is 351. The Hall–Kier alpha value is -1.26. The maximum absolute atomic E-state index is 5.75. The number of rotatable bonds is 6. The highest BCUT2D eigenvalue weighted by molar-refractivity contribution is 5.39. The second kappa shape index (κ2) is 7.24. The molecule has 0 bridgehead atoms. The molecular formula is C14H21NO3. The zero-order valence-corrected chi connectivity index (χ0v) is 10.9. The van der Waals surface area contributed by atoms with Crippen molar-refractivity contribution in [2.75, 3.05) is 33.4 Å². The van der Waals surface area contributed by atoms with Crippen molar-refractivity contribution >= 4 is 0 Å². The molecule has 2 rings (SSSR count). The van der Waals surface area contributed by atoms with E-state index in [1.165, 1.54) is 6.42 Å². The zero-order chi connectivity index (χ0) is 12.6. The van der Waals surface area contributed by atoms with Gasteiger partial charge < -0.3 is 19.5 Å². The third-order valence-electron chi connectivity index (χ3n) is 3.02. The quantitative estimate of drug-likeness (QED) is 0.783. The van der Waals surface area contributed by atoms with Crippen molar-refractivity contribution in [3.63, 3.8) is 0 Å². The van der Waals surface area contributed by atoms with Gasteiger partial charge in [-0.15, -0.1) is 0 Å². The third-order valence-corrected chi connectivity index (χ3v) is 3.02. The number of para-hydroxylation sites is 2. The average Bonchev–Trinajstić information content (AvgIpc) is 2.45. The fourth-order valence-electron chi connectivity index (χ4n) is 2.07. The summed E-state index contributed by atoms with van der Waals surface area (Å²) >= 11 is 0. The molecule has 1 N–H and O–H groups in total. The molecule has 0 radical (unpaired) electrons. The minimum atomic E-state index is 0.333. The molecule has 0 saturated carbocycles. The lowest BCUT2D eigenvalue weighted by Gasteiger charge is -2.23. The van der Waals surface area contributed by atoms with Gasteiger partial charge in [0.1, 0.15) is 6.61 Å². The highest BCUT2D eigenvalue weighted by Gasteiger charge is 2.12. The molecule has 100 valence electrons. The van der Waals surface area contributed by atoms with E-state index in [0.29, 0.717) is 19.3 Å². The van der Waals surface area contributed by atoms with E-state index in [2.05, 4.69) is 5.32 Å². The zero-order valence-electron chi connectivity index (χ0n) is 10.9. The standard InChI is InChI=1S/C14H21NO3/c1-16-13-6-2-3-7-14(13)18-10-9-17-12-5-4-8-15-11-12/h2-3,6-7,12,15H,4-5,8-11H2,1H3/t12-/m0/s1. The highest BCUT2D eigenvalue weighted by atomic mass is 16.5. The lowest BCUT2D eigenvalue weighted by molar-refractivity contribution is 0.0201. The Balaban J connectivity index is 1.68. The van der Waals surface area contributed by atoms with E-state index >= 15 is 0 Å². The first-order valence-electron chi connectivity index (χ1n) is 6.48. The van der Waals surface area contributed by atoms with Gasteiger partial charge in [-0.2, -0.15) is 0 Å². The molecule has 1 saturated heterocycles. The number of benzene rings is 1. The Morgan fingerprint density at radius 1 is 1.22 bits per heavy atom. The Labute approximate surface area is 108 Å². The van der Waals surface area contributed by atoms with E-state index < -0.39 is 0 Å². The molecule has 0 aliphatic carbocycles. The van der Waals surface area contributed by atoms with Crippen LogP contribution in [0.4, 0.5) is 0 Å². The van der Waals surface area contributed by atoms with Crippen LogP contribution in [-0.4, -0.2) is 39.5 Å². The van der Waals surface area contributed by atoms with Crippen LogP contribution < -0.4 is 14.8 Å². The third kappa shape index (κ3) is 3.89. The van der Waals surface area contributed by atoms with Crippen LogP contribution in [-0.2, 0) is 4.74 Å². The van der Waals surface area contributed by atoms with Crippen molar-refractivity contribution in [2.45, 2.75) is 18.9 Å². The maximum Gasteiger partial charge on any atom is 0.161 e. The smallest absolute Gasteiger partial charge is 0.161 e. The van der Waals surface area contributed by atoms with Crippen LogP contribution in [0.5, 0.6) is 11.5 Å². The van der Waals surface area contributed by atoms with Gasteiger partial charge in [0.2, 0.25) is 0 Å². The topological polar surface area (TPSA) is 39.7 Å². The molecule has 1 aliphatic heterocycles. The van der Waals surface area contributed by atoms with Gasteiger partial charge in [-0.05, 0) is 31.5 Å². The molecule has 1 atom stereocenters. The lowest BCUT2D eigenvalue weighted by atomic mass is 10.1. The first kappa shape index (κ1) is 13.2.